The van der Waals surface area contributed by atoms with E-state index < -0.39 is 0 Å². The molecule has 0 spiro atoms. The van der Waals surface area contributed by atoms with Crippen LogP contribution >= 0.6 is 0 Å². The van der Waals surface area contributed by atoms with Crippen LogP contribution in [0.25, 0.3) is 11.3 Å². The first-order chi connectivity index (χ1) is 16.0. The molecule has 0 aliphatic rings. The molecule has 1 heterocycles. The second-order valence-corrected chi connectivity index (χ2v) is 7.51. The van der Waals surface area contributed by atoms with Crippen LogP contribution < -0.4 is 29.0 Å². The predicted molar refractivity (Wildman–Crippen MR) is 128 cm³/mol. The van der Waals surface area contributed by atoms with Crippen molar-refractivity contribution in [3.8, 4) is 40.3 Å². The van der Waals surface area contributed by atoms with E-state index in [1.807, 2.05) is 56.3 Å². The van der Waals surface area contributed by atoms with Gasteiger partial charge >= 0.3 is 6.01 Å². The second-order valence-electron chi connectivity index (χ2n) is 7.51. The van der Waals surface area contributed by atoms with Gasteiger partial charge in [0.1, 0.15) is 17.3 Å². The highest BCUT2D eigenvalue weighted by Crippen LogP contribution is 2.33. The van der Waals surface area contributed by atoms with Crippen molar-refractivity contribution in [3.63, 3.8) is 0 Å². The molecule has 0 saturated carbocycles. The number of hydrogen-bond acceptors (Lipinski definition) is 8. The van der Waals surface area contributed by atoms with Crippen molar-refractivity contribution in [3.05, 3.63) is 48.0 Å². The van der Waals surface area contributed by atoms with Gasteiger partial charge in [-0.15, -0.1) is 0 Å². The Morgan fingerprint density at radius 3 is 2.21 bits per heavy atom. The number of methoxy groups -OCH3 is 4. The number of nitrogens with one attached hydrogen (secondary N) is 1. The Kier molecular flexibility index (Phi) is 8.18. The van der Waals surface area contributed by atoms with Crippen LogP contribution in [-0.4, -0.2) is 51.1 Å². The summed E-state index contributed by atoms with van der Waals surface area (Å²) in [6.07, 6.45) is 0.686. The zero-order chi connectivity index (χ0) is 23.8. The molecule has 8 heteroatoms. The summed E-state index contributed by atoms with van der Waals surface area (Å²) in [7, 11) is 6.50. The number of hydrogen-bond donors (Lipinski definition) is 1. The van der Waals surface area contributed by atoms with E-state index in [1.165, 1.54) is 0 Å². The third-order valence-corrected chi connectivity index (χ3v) is 4.92. The smallest absolute Gasteiger partial charge is 0.319 e. The fourth-order valence-electron chi connectivity index (χ4n) is 3.31. The molecule has 0 amide bonds. The van der Waals surface area contributed by atoms with E-state index in [4.69, 9.17) is 23.7 Å². The number of anilines is 1. The van der Waals surface area contributed by atoms with E-state index in [0.29, 0.717) is 35.6 Å². The molecule has 0 bridgehead atoms. The summed E-state index contributed by atoms with van der Waals surface area (Å²) in [5.74, 6) is 3.49. The quantitative estimate of drug-likeness (QED) is 0.450. The highest BCUT2D eigenvalue weighted by atomic mass is 16.5. The number of ether oxygens (including phenoxy) is 5. The van der Waals surface area contributed by atoms with Crippen LogP contribution in [0.5, 0.6) is 29.0 Å². The molecule has 0 radical (unpaired) electrons. The second kappa shape index (κ2) is 11.3. The Hall–Kier alpha value is -3.68. The van der Waals surface area contributed by atoms with E-state index in [-0.39, 0.29) is 6.10 Å². The Morgan fingerprint density at radius 1 is 0.788 bits per heavy atom. The summed E-state index contributed by atoms with van der Waals surface area (Å²) in [5, 5.41) is 3.37. The van der Waals surface area contributed by atoms with Crippen molar-refractivity contribution < 1.29 is 23.7 Å². The van der Waals surface area contributed by atoms with Gasteiger partial charge < -0.3 is 29.0 Å². The number of benzene rings is 2. The third kappa shape index (κ3) is 6.19. The maximum Gasteiger partial charge on any atom is 0.319 e. The molecule has 0 atom stereocenters. The minimum absolute atomic E-state index is 0.0536. The molecule has 0 fully saturated rings. The average Bonchev–Trinajstić information content (AvgIpc) is 2.83. The first-order valence-electron chi connectivity index (χ1n) is 10.7. The van der Waals surface area contributed by atoms with Crippen molar-refractivity contribution in [1.29, 1.82) is 0 Å². The van der Waals surface area contributed by atoms with Gasteiger partial charge in [-0.05, 0) is 50.1 Å². The molecular weight excluding hydrogens is 422 g/mol. The zero-order valence-electron chi connectivity index (χ0n) is 20.0. The maximum atomic E-state index is 5.79. The van der Waals surface area contributed by atoms with Gasteiger partial charge in [-0.2, -0.15) is 9.97 Å². The average molecular weight is 454 g/mol. The molecule has 0 aliphatic heterocycles. The van der Waals surface area contributed by atoms with E-state index in [2.05, 4.69) is 15.3 Å². The first kappa shape index (κ1) is 24.0. The van der Waals surface area contributed by atoms with Crippen LogP contribution in [0, 0.1) is 0 Å². The maximum absolute atomic E-state index is 5.79. The number of aromatic nitrogens is 2. The van der Waals surface area contributed by atoms with E-state index in [0.717, 1.165) is 29.0 Å². The Bertz CT molecular complexity index is 1070. The van der Waals surface area contributed by atoms with E-state index >= 15 is 0 Å². The van der Waals surface area contributed by atoms with Gasteiger partial charge in [-0.1, -0.05) is 6.07 Å². The topological polar surface area (TPSA) is 84.0 Å². The molecular formula is C25H31N3O5. The summed E-state index contributed by atoms with van der Waals surface area (Å²) >= 11 is 0. The predicted octanol–water partition coefficient (Wildman–Crippen LogP) is 4.62. The monoisotopic (exact) mass is 453 g/mol. The van der Waals surface area contributed by atoms with Crippen LogP contribution in [0.2, 0.25) is 0 Å². The Morgan fingerprint density at radius 2 is 1.55 bits per heavy atom. The molecule has 0 unspecified atom stereocenters. The fraction of sp³-hybridized carbons (Fsp3) is 0.360. The summed E-state index contributed by atoms with van der Waals surface area (Å²) in [4.78, 5) is 9.11. The standard InChI is InChI=1S/C25H31N3O5/c1-16(2)33-25-27-20(18-8-10-21(30-4)23(13-18)32-6)15-24(28-25)26-12-11-17-7-9-19(29-3)14-22(17)31-5/h7-10,13-16H,11-12H2,1-6H3,(H,26,27,28). The lowest BCUT2D eigenvalue weighted by Crippen LogP contribution is -2.12. The van der Waals surface area contributed by atoms with Gasteiger partial charge in [0.15, 0.2) is 11.5 Å². The largest absolute Gasteiger partial charge is 0.497 e. The lowest BCUT2D eigenvalue weighted by Gasteiger charge is -2.14. The van der Waals surface area contributed by atoms with Crippen molar-refractivity contribution in [2.75, 3.05) is 40.3 Å². The summed E-state index contributed by atoms with van der Waals surface area (Å²) in [5.41, 5.74) is 2.65. The van der Waals surface area contributed by atoms with E-state index in [9.17, 15) is 0 Å². The lowest BCUT2D eigenvalue weighted by molar-refractivity contribution is 0.223. The van der Waals surface area contributed by atoms with Gasteiger partial charge in [0.05, 0.1) is 40.2 Å². The molecule has 1 aromatic heterocycles. The molecule has 8 nitrogen and oxygen atoms in total. The van der Waals surface area contributed by atoms with Crippen LogP contribution in [0.1, 0.15) is 19.4 Å². The molecule has 3 rings (SSSR count). The SMILES string of the molecule is COc1ccc(CCNc2cc(-c3ccc(OC)c(OC)c3)nc(OC(C)C)n2)c(OC)c1. The van der Waals surface area contributed by atoms with Crippen LogP contribution in [0.15, 0.2) is 42.5 Å². The lowest BCUT2D eigenvalue weighted by atomic mass is 10.1. The van der Waals surface area contributed by atoms with Crippen LogP contribution in [0.4, 0.5) is 5.82 Å². The summed E-state index contributed by atoms with van der Waals surface area (Å²) < 4.78 is 27.3. The van der Waals surface area contributed by atoms with Crippen LogP contribution in [0.3, 0.4) is 0 Å². The molecule has 0 saturated heterocycles. The number of rotatable bonds is 11. The molecule has 33 heavy (non-hydrogen) atoms. The number of nitrogens with zero attached hydrogens (tertiary/aromatic N) is 2. The third-order valence-electron chi connectivity index (χ3n) is 4.92. The van der Waals surface area contributed by atoms with Crippen molar-refractivity contribution in [2.24, 2.45) is 0 Å². The Balaban J connectivity index is 1.83. The van der Waals surface area contributed by atoms with Crippen molar-refractivity contribution in [1.82, 2.24) is 9.97 Å². The fourth-order valence-corrected chi connectivity index (χ4v) is 3.31. The molecule has 2 aromatic carbocycles. The zero-order valence-corrected chi connectivity index (χ0v) is 20.0. The summed E-state index contributed by atoms with van der Waals surface area (Å²) in [6.45, 7) is 4.52. The van der Waals surface area contributed by atoms with Gasteiger partial charge in [-0.25, -0.2) is 0 Å². The molecule has 1 N–H and O–H groups in total. The first-order valence-corrected chi connectivity index (χ1v) is 10.7. The minimum atomic E-state index is -0.0536. The highest BCUT2D eigenvalue weighted by molar-refractivity contribution is 5.66. The van der Waals surface area contributed by atoms with Gasteiger partial charge in [0.2, 0.25) is 0 Å². The highest BCUT2D eigenvalue weighted by Gasteiger charge is 2.13. The summed E-state index contributed by atoms with van der Waals surface area (Å²) in [6, 6.07) is 13.7. The van der Waals surface area contributed by atoms with Gasteiger partial charge in [0, 0.05) is 24.2 Å². The Labute approximate surface area is 194 Å². The van der Waals surface area contributed by atoms with Gasteiger partial charge in [0.25, 0.3) is 0 Å². The molecule has 3 aromatic rings. The van der Waals surface area contributed by atoms with Gasteiger partial charge in [-0.3, -0.25) is 0 Å². The van der Waals surface area contributed by atoms with E-state index in [1.54, 1.807) is 28.4 Å². The van der Waals surface area contributed by atoms with Crippen molar-refractivity contribution in [2.45, 2.75) is 26.4 Å². The molecule has 0 aliphatic carbocycles. The van der Waals surface area contributed by atoms with Crippen LogP contribution in [-0.2, 0) is 6.42 Å². The molecule has 176 valence electrons. The van der Waals surface area contributed by atoms with Crippen molar-refractivity contribution >= 4 is 5.82 Å². The normalized spacial score (nSPS) is 10.6. The minimum Gasteiger partial charge on any atom is -0.497 e.